The van der Waals surface area contributed by atoms with Gasteiger partial charge in [0.05, 0.1) is 15.5 Å². The van der Waals surface area contributed by atoms with E-state index in [-0.39, 0.29) is 27.6 Å². The van der Waals surface area contributed by atoms with E-state index in [0.29, 0.717) is 5.02 Å². The fourth-order valence-corrected chi connectivity index (χ4v) is 3.67. The maximum Gasteiger partial charge on any atom is 0.338 e. The highest BCUT2D eigenvalue weighted by molar-refractivity contribution is 7.89. The Bertz CT molecular complexity index is 944. The molecule has 0 fully saturated rings. The van der Waals surface area contributed by atoms with Crippen LogP contribution in [0.5, 0.6) is 0 Å². The lowest BCUT2D eigenvalue weighted by Gasteiger charge is -2.08. The SMILES string of the molecule is CCNS(=O)(=O)c1cccc(C(=O)OCC(=O)c2ccc(Cl)cc2Cl)c1. The zero-order chi connectivity index (χ0) is 19.3. The third kappa shape index (κ3) is 5.04. The average molecular weight is 416 g/mol. The number of rotatable bonds is 7. The Kier molecular flexibility index (Phi) is 6.77. The first-order chi connectivity index (χ1) is 12.2. The molecule has 0 aliphatic rings. The lowest BCUT2D eigenvalue weighted by Crippen LogP contribution is -2.23. The molecule has 0 aliphatic heterocycles. The summed E-state index contributed by atoms with van der Waals surface area (Å²) in [4.78, 5) is 24.2. The summed E-state index contributed by atoms with van der Waals surface area (Å²) in [6, 6.07) is 9.69. The van der Waals surface area contributed by atoms with E-state index in [1.165, 1.54) is 42.5 Å². The molecule has 1 N–H and O–H groups in total. The summed E-state index contributed by atoms with van der Waals surface area (Å²) in [7, 11) is -3.70. The summed E-state index contributed by atoms with van der Waals surface area (Å²) in [5.41, 5.74) is 0.186. The van der Waals surface area contributed by atoms with Crippen LogP contribution in [0.2, 0.25) is 10.0 Å². The zero-order valence-corrected chi connectivity index (χ0v) is 16.0. The molecule has 0 saturated carbocycles. The second kappa shape index (κ2) is 8.64. The molecule has 138 valence electrons. The van der Waals surface area contributed by atoms with E-state index >= 15 is 0 Å². The molecule has 6 nitrogen and oxygen atoms in total. The summed E-state index contributed by atoms with van der Waals surface area (Å²) in [6.45, 7) is 1.32. The van der Waals surface area contributed by atoms with Gasteiger partial charge in [-0.05, 0) is 36.4 Å². The lowest BCUT2D eigenvalue weighted by atomic mass is 10.1. The maximum atomic E-state index is 12.1. The van der Waals surface area contributed by atoms with Crippen molar-refractivity contribution in [1.82, 2.24) is 4.72 Å². The molecule has 2 aromatic rings. The van der Waals surface area contributed by atoms with Crippen molar-refractivity contribution < 1.29 is 22.7 Å². The fourth-order valence-electron chi connectivity index (χ4n) is 2.07. The molecule has 0 amide bonds. The first-order valence-corrected chi connectivity index (χ1v) is 9.73. The monoisotopic (exact) mass is 415 g/mol. The van der Waals surface area contributed by atoms with Gasteiger partial charge in [0.25, 0.3) is 0 Å². The van der Waals surface area contributed by atoms with Crippen LogP contribution in [0.1, 0.15) is 27.6 Å². The predicted molar refractivity (Wildman–Crippen MR) is 98.4 cm³/mol. The number of hydrogen-bond donors (Lipinski definition) is 1. The first-order valence-electron chi connectivity index (χ1n) is 7.49. The van der Waals surface area contributed by atoms with Gasteiger partial charge in [0.15, 0.2) is 6.61 Å². The van der Waals surface area contributed by atoms with Gasteiger partial charge in [-0.15, -0.1) is 0 Å². The lowest BCUT2D eigenvalue weighted by molar-refractivity contribution is 0.0474. The maximum absolute atomic E-state index is 12.1. The van der Waals surface area contributed by atoms with Gasteiger partial charge in [-0.2, -0.15) is 0 Å². The Morgan fingerprint density at radius 2 is 1.85 bits per heavy atom. The minimum atomic E-state index is -3.70. The van der Waals surface area contributed by atoms with Crippen molar-refractivity contribution in [2.75, 3.05) is 13.2 Å². The Morgan fingerprint density at radius 3 is 2.50 bits per heavy atom. The van der Waals surface area contributed by atoms with Crippen LogP contribution in [0, 0.1) is 0 Å². The van der Waals surface area contributed by atoms with Crippen LogP contribution in [-0.2, 0) is 14.8 Å². The van der Waals surface area contributed by atoms with E-state index in [1.54, 1.807) is 6.92 Å². The zero-order valence-electron chi connectivity index (χ0n) is 13.7. The minimum Gasteiger partial charge on any atom is -0.454 e. The molecule has 0 spiro atoms. The van der Waals surface area contributed by atoms with Gasteiger partial charge in [-0.3, -0.25) is 4.79 Å². The summed E-state index contributed by atoms with van der Waals surface area (Å²) in [5.74, 6) is -1.33. The molecule has 9 heteroatoms. The van der Waals surface area contributed by atoms with Crippen molar-refractivity contribution in [2.24, 2.45) is 0 Å². The smallest absolute Gasteiger partial charge is 0.338 e. The van der Waals surface area contributed by atoms with Crippen molar-refractivity contribution in [2.45, 2.75) is 11.8 Å². The van der Waals surface area contributed by atoms with Crippen molar-refractivity contribution in [3.8, 4) is 0 Å². The van der Waals surface area contributed by atoms with Crippen LogP contribution < -0.4 is 4.72 Å². The molecular weight excluding hydrogens is 401 g/mol. The molecule has 0 aliphatic carbocycles. The van der Waals surface area contributed by atoms with Crippen molar-refractivity contribution in [1.29, 1.82) is 0 Å². The highest BCUT2D eigenvalue weighted by atomic mass is 35.5. The van der Waals surface area contributed by atoms with Gasteiger partial charge < -0.3 is 4.74 Å². The topological polar surface area (TPSA) is 89.5 Å². The second-order valence-electron chi connectivity index (χ2n) is 5.15. The van der Waals surface area contributed by atoms with Crippen LogP contribution in [0.15, 0.2) is 47.4 Å². The predicted octanol–water partition coefficient (Wildman–Crippen LogP) is 3.33. The van der Waals surface area contributed by atoms with Gasteiger partial charge in [-0.25, -0.2) is 17.9 Å². The summed E-state index contributed by atoms with van der Waals surface area (Å²) in [5, 5.41) is 0.527. The number of Topliss-reactive ketones (excluding diaryl/α,β-unsaturated/α-hetero) is 1. The van der Waals surface area contributed by atoms with E-state index in [0.717, 1.165) is 0 Å². The molecule has 0 radical (unpaired) electrons. The van der Waals surface area contributed by atoms with Crippen LogP contribution in [0.25, 0.3) is 0 Å². The van der Waals surface area contributed by atoms with E-state index in [1.807, 2.05) is 0 Å². The van der Waals surface area contributed by atoms with Crippen LogP contribution in [0.3, 0.4) is 0 Å². The summed E-state index contributed by atoms with van der Waals surface area (Å²) >= 11 is 11.7. The Balaban J connectivity index is 2.10. The molecule has 0 atom stereocenters. The summed E-state index contributed by atoms with van der Waals surface area (Å²) in [6.07, 6.45) is 0. The Morgan fingerprint density at radius 1 is 1.12 bits per heavy atom. The normalized spacial score (nSPS) is 11.2. The number of hydrogen-bond acceptors (Lipinski definition) is 5. The number of esters is 1. The number of ketones is 1. The quantitative estimate of drug-likeness (QED) is 0.553. The molecule has 26 heavy (non-hydrogen) atoms. The standard InChI is InChI=1S/C17H15Cl2NO5S/c1-2-20-26(23,24)13-5-3-4-11(8-13)17(22)25-10-16(21)14-7-6-12(18)9-15(14)19/h3-9,20H,2,10H2,1H3. The van der Waals surface area contributed by atoms with E-state index in [2.05, 4.69) is 4.72 Å². The summed E-state index contributed by atoms with van der Waals surface area (Å²) < 4.78 is 31.2. The van der Waals surface area contributed by atoms with Crippen molar-refractivity contribution in [3.05, 3.63) is 63.6 Å². The molecule has 0 saturated heterocycles. The van der Waals surface area contributed by atoms with Crippen LogP contribution in [0.4, 0.5) is 0 Å². The van der Waals surface area contributed by atoms with Gasteiger partial charge in [0, 0.05) is 17.1 Å². The van der Waals surface area contributed by atoms with E-state index in [4.69, 9.17) is 27.9 Å². The van der Waals surface area contributed by atoms with Gasteiger partial charge in [-0.1, -0.05) is 36.2 Å². The van der Waals surface area contributed by atoms with Gasteiger partial charge in [0.1, 0.15) is 0 Å². The number of halogens is 2. The number of carbonyl (C=O) groups excluding carboxylic acids is 2. The largest absolute Gasteiger partial charge is 0.454 e. The highest BCUT2D eigenvalue weighted by Gasteiger charge is 2.18. The van der Waals surface area contributed by atoms with Crippen molar-refractivity contribution in [3.63, 3.8) is 0 Å². The Labute approximate surface area is 161 Å². The number of sulfonamides is 1. The number of benzene rings is 2. The van der Waals surface area contributed by atoms with E-state index < -0.39 is 28.4 Å². The van der Waals surface area contributed by atoms with Crippen molar-refractivity contribution >= 4 is 45.0 Å². The molecular formula is C17H15Cl2NO5S. The van der Waals surface area contributed by atoms with E-state index in [9.17, 15) is 18.0 Å². The number of ether oxygens (including phenoxy) is 1. The number of nitrogens with one attached hydrogen (secondary N) is 1. The highest BCUT2D eigenvalue weighted by Crippen LogP contribution is 2.21. The average Bonchev–Trinajstić information content (AvgIpc) is 2.59. The molecule has 0 heterocycles. The van der Waals surface area contributed by atoms with Crippen LogP contribution >= 0.6 is 23.2 Å². The molecule has 2 rings (SSSR count). The minimum absolute atomic E-state index is 0.0129. The Hall–Kier alpha value is -1.93. The molecule has 0 bridgehead atoms. The molecule has 2 aromatic carbocycles. The third-order valence-electron chi connectivity index (χ3n) is 3.28. The van der Waals surface area contributed by atoms with Gasteiger partial charge in [0.2, 0.25) is 15.8 Å². The molecule has 0 unspecified atom stereocenters. The molecule has 0 aromatic heterocycles. The van der Waals surface area contributed by atoms with Gasteiger partial charge >= 0.3 is 5.97 Å². The fraction of sp³-hybridized carbons (Fsp3) is 0.176. The number of carbonyl (C=O) groups is 2. The third-order valence-corrected chi connectivity index (χ3v) is 5.37. The first kappa shape index (κ1) is 20.4. The van der Waals surface area contributed by atoms with Crippen LogP contribution in [-0.4, -0.2) is 33.3 Å². The second-order valence-corrected chi connectivity index (χ2v) is 7.76.